The third kappa shape index (κ3) is 5.80. The number of benzene rings is 3. The zero-order valence-corrected chi connectivity index (χ0v) is 20.3. The number of aromatic nitrogens is 2. The molecule has 4 N–H and O–H groups in total. The second-order valence-corrected chi connectivity index (χ2v) is 8.75. The van der Waals surface area contributed by atoms with Crippen LogP contribution in [0.15, 0.2) is 109 Å². The summed E-state index contributed by atoms with van der Waals surface area (Å²) in [6.07, 6.45) is 3.22. The van der Waals surface area contributed by atoms with E-state index in [1.54, 1.807) is 36.0 Å². The van der Waals surface area contributed by atoms with Gasteiger partial charge in [0.25, 0.3) is 0 Å². The lowest BCUT2D eigenvalue weighted by molar-refractivity contribution is 0.261. The predicted octanol–water partition coefficient (Wildman–Crippen LogP) is 7.16. The topological polar surface area (TPSA) is 108 Å². The molecule has 0 fully saturated rings. The molecule has 0 saturated carbocycles. The molecule has 0 atom stereocenters. The van der Waals surface area contributed by atoms with Crippen LogP contribution >= 0.6 is 11.3 Å². The van der Waals surface area contributed by atoms with Crippen molar-refractivity contribution in [1.82, 2.24) is 9.97 Å². The molecule has 182 valence electrons. The molecule has 5 rings (SSSR count). The summed E-state index contributed by atoms with van der Waals surface area (Å²) in [6, 6.07) is 27.4. The van der Waals surface area contributed by atoms with Crippen molar-refractivity contribution in [2.75, 3.05) is 21.3 Å². The third-order valence-electron chi connectivity index (χ3n) is 5.40. The largest absolute Gasteiger partial charge is 0.325 e. The van der Waals surface area contributed by atoms with Crippen molar-refractivity contribution in [3.8, 4) is 22.3 Å². The number of thiazole rings is 1. The molecule has 0 aliphatic heterocycles. The highest BCUT2D eigenvalue weighted by Gasteiger charge is 2.20. The zero-order chi connectivity index (χ0) is 25.5. The normalized spacial score (nSPS) is 10.4. The number of carbonyl (C=O) groups is 2. The Balaban J connectivity index is 1.59. The van der Waals surface area contributed by atoms with Gasteiger partial charge < -0.3 is 10.6 Å². The standard InChI is InChI=1S/C28H22N6O2S/c35-26(32-23-13-7-8-16-29-23)31-22-15-14-21(19-9-3-1-4-10-19)25(24(22)20-11-5-2-6-12-20)33-27(36)34-28-30-17-18-37-28/h1-18H,(H2,29,31,32,35)(H2,30,33,34,36). The highest BCUT2D eigenvalue weighted by molar-refractivity contribution is 7.13. The summed E-state index contributed by atoms with van der Waals surface area (Å²) in [5, 5.41) is 13.7. The lowest BCUT2D eigenvalue weighted by Crippen LogP contribution is -2.22. The number of nitrogens with zero attached hydrogens (tertiary/aromatic N) is 2. The van der Waals surface area contributed by atoms with Gasteiger partial charge in [-0.25, -0.2) is 19.6 Å². The van der Waals surface area contributed by atoms with Gasteiger partial charge in [-0.2, -0.15) is 0 Å². The number of amides is 4. The molecule has 8 nitrogen and oxygen atoms in total. The van der Waals surface area contributed by atoms with E-state index < -0.39 is 12.1 Å². The SMILES string of the molecule is O=C(Nc1ccccn1)Nc1ccc(-c2ccccc2)c(NC(=O)Nc2nccs2)c1-c1ccccc1. The highest BCUT2D eigenvalue weighted by atomic mass is 32.1. The Morgan fingerprint density at radius 3 is 2.00 bits per heavy atom. The maximum Gasteiger partial charge on any atom is 0.325 e. The van der Waals surface area contributed by atoms with E-state index >= 15 is 0 Å². The fraction of sp³-hybridized carbons (Fsp3) is 0. The summed E-state index contributed by atoms with van der Waals surface area (Å²) < 4.78 is 0. The molecular formula is C28H22N6O2S. The first-order valence-electron chi connectivity index (χ1n) is 11.4. The van der Waals surface area contributed by atoms with Gasteiger partial charge >= 0.3 is 12.1 Å². The molecule has 0 aliphatic rings. The minimum absolute atomic E-state index is 0.420. The molecule has 2 heterocycles. The lowest BCUT2D eigenvalue weighted by atomic mass is 9.94. The van der Waals surface area contributed by atoms with Crippen LogP contribution in [-0.2, 0) is 0 Å². The Bertz CT molecular complexity index is 1490. The molecule has 0 radical (unpaired) electrons. The van der Waals surface area contributed by atoms with Crippen LogP contribution in [0.25, 0.3) is 22.3 Å². The highest BCUT2D eigenvalue weighted by Crippen LogP contribution is 2.42. The van der Waals surface area contributed by atoms with Crippen molar-refractivity contribution in [2.24, 2.45) is 0 Å². The lowest BCUT2D eigenvalue weighted by Gasteiger charge is -2.21. The summed E-state index contributed by atoms with van der Waals surface area (Å²) in [5.74, 6) is 0.420. The molecule has 5 aromatic rings. The Morgan fingerprint density at radius 2 is 1.32 bits per heavy atom. The molecule has 9 heteroatoms. The molecular weight excluding hydrogens is 484 g/mol. The molecule has 4 amide bonds. The van der Waals surface area contributed by atoms with Crippen LogP contribution in [0.3, 0.4) is 0 Å². The number of carbonyl (C=O) groups excluding carboxylic acids is 2. The van der Waals surface area contributed by atoms with Crippen LogP contribution in [0.2, 0.25) is 0 Å². The summed E-state index contributed by atoms with van der Waals surface area (Å²) >= 11 is 1.32. The van der Waals surface area contributed by atoms with Crippen LogP contribution in [0.1, 0.15) is 0 Å². The van der Waals surface area contributed by atoms with Gasteiger partial charge in [0.05, 0.1) is 11.4 Å². The van der Waals surface area contributed by atoms with Crippen LogP contribution < -0.4 is 21.3 Å². The predicted molar refractivity (Wildman–Crippen MR) is 149 cm³/mol. The fourth-order valence-corrected chi connectivity index (χ4v) is 4.36. The van der Waals surface area contributed by atoms with Crippen LogP contribution in [0, 0.1) is 0 Å². The molecule has 0 aliphatic carbocycles. The molecule has 0 saturated heterocycles. The average molecular weight is 507 g/mol. The van der Waals surface area contributed by atoms with Gasteiger partial charge in [0, 0.05) is 28.9 Å². The molecule has 37 heavy (non-hydrogen) atoms. The van der Waals surface area contributed by atoms with E-state index in [-0.39, 0.29) is 0 Å². The molecule has 2 aromatic heterocycles. The minimum atomic E-state index is -0.457. The van der Waals surface area contributed by atoms with Gasteiger partial charge in [-0.15, -0.1) is 11.3 Å². The monoisotopic (exact) mass is 506 g/mol. The van der Waals surface area contributed by atoms with E-state index in [0.29, 0.717) is 27.9 Å². The van der Waals surface area contributed by atoms with E-state index in [4.69, 9.17) is 0 Å². The maximum absolute atomic E-state index is 13.1. The van der Waals surface area contributed by atoms with Crippen molar-refractivity contribution in [3.63, 3.8) is 0 Å². The maximum atomic E-state index is 13.1. The van der Waals surface area contributed by atoms with Crippen LogP contribution in [0.4, 0.5) is 31.9 Å². The Hall–Kier alpha value is -5.02. The van der Waals surface area contributed by atoms with E-state index in [9.17, 15) is 9.59 Å². The van der Waals surface area contributed by atoms with Gasteiger partial charge in [0.15, 0.2) is 5.13 Å². The van der Waals surface area contributed by atoms with Crippen molar-refractivity contribution < 1.29 is 9.59 Å². The van der Waals surface area contributed by atoms with E-state index in [1.807, 2.05) is 72.8 Å². The van der Waals surface area contributed by atoms with E-state index in [1.165, 1.54) is 11.3 Å². The number of urea groups is 2. The minimum Gasteiger partial charge on any atom is -0.307 e. The second kappa shape index (κ2) is 11.1. The van der Waals surface area contributed by atoms with Gasteiger partial charge in [-0.3, -0.25) is 10.6 Å². The van der Waals surface area contributed by atoms with Crippen molar-refractivity contribution in [2.45, 2.75) is 0 Å². The number of anilines is 4. The number of nitrogens with one attached hydrogen (secondary N) is 4. The van der Waals surface area contributed by atoms with Crippen LogP contribution in [0.5, 0.6) is 0 Å². The van der Waals surface area contributed by atoms with Gasteiger partial charge in [-0.1, -0.05) is 72.8 Å². The number of hydrogen-bond donors (Lipinski definition) is 4. The first-order valence-corrected chi connectivity index (χ1v) is 12.3. The Kier molecular flexibility index (Phi) is 7.14. The first kappa shape index (κ1) is 23.7. The van der Waals surface area contributed by atoms with E-state index in [0.717, 1.165) is 16.7 Å². The molecule has 3 aromatic carbocycles. The smallest absolute Gasteiger partial charge is 0.307 e. The molecule has 0 spiro atoms. The summed E-state index contributed by atoms with van der Waals surface area (Å²) in [7, 11) is 0. The number of hydrogen-bond acceptors (Lipinski definition) is 5. The first-order chi connectivity index (χ1) is 18.2. The number of rotatable bonds is 6. The molecule has 0 bridgehead atoms. The quantitative estimate of drug-likeness (QED) is 0.196. The van der Waals surface area contributed by atoms with Gasteiger partial charge in [0.1, 0.15) is 5.82 Å². The molecule has 0 unspecified atom stereocenters. The van der Waals surface area contributed by atoms with Gasteiger partial charge in [0.2, 0.25) is 0 Å². The summed E-state index contributed by atoms with van der Waals surface area (Å²) in [5.41, 5.74) is 4.24. The Labute approximate surface area is 217 Å². The summed E-state index contributed by atoms with van der Waals surface area (Å²) in [6.45, 7) is 0. The van der Waals surface area contributed by atoms with Crippen molar-refractivity contribution in [3.05, 3.63) is 109 Å². The summed E-state index contributed by atoms with van der Waals surface area (Å²) in [4.78, 5) is 34.2. The van der Waals surface area contributed by atoms with Crippen molar-refractivity contribution >= 4 is 45.7 Å². The Morgan fingerprint density at radius 1 is 0.622 bits per heavy atom. The zero-order valence-electron chi connectivity index (χ0n) is 19.5. The third-order valence-corrected chi connectivity index (χ3v) is 6.09. The number of pyridine rings is 1. The second-order valence-electron chi connectivity index (χ2n) is 7.85. The average Bonchev–Trinajstić information content (AvgIpc) is 3.43. The van der Waals surface area contributed by atoms with E-state index in [2.05, 4.69) is 31.2 Å². The van der Waals surface area contributed by atoms with Crippen molar-refractivity contribution in [1.29, 1.82) is 0 Å². The van der Waals surface area contributed by atoms with Gasteiger partial charge in [-0.05, 0) is 29.3 Å². The fourth-order valence-electron chi connectivity index (χ4n) is 3.83. The van der Waals surface area contributed by atoms with Crippen LogP contribution in [-0.4, -0.2) is 22.0 Å².